The van der Waals surface area contributed by atoms with Crippen molar-refractivity contribution in [3.8, 4) is 0 Å². The normalized spacial score (nSPS) is 23.2. The molecule has 1 aliphatic heterocycles. The van der Waals surface area contributed by atoms with Crippen LogP contribution in [0.1, 0.15) is 38.5 Å². The van der Waals surface area contributed by atoms with Crippen molar-refractivity contribution in [1.82, 2.24) is 5.01 Å². The minimum absolute atomic E-state index is 0.0157. The summed E-state index contributed by atoms with van der Waals surface area (Å²) in [5, 5.41) is 6.41. The zero-order chi connectivity index (χ0) is 10.7. The molecule has 0 N–H and O–H groups in total. The Morgan fingerprint density at radius 3 is 2.07 bits per heavy atom. The van der Waals surface area contributed by atoms with Crippen LogP contribution in [0.25, 0.3) is 0 Å². The number of rotatable bonds is 1. The zero-order valence-corrected chi connectivity index (χ0v) is 8.87. The highest BCUT2D eigenvalue weighted by Crippen LogP contribution is 2.13. The molecule has 1 aliphatic carbocycles. The van der Waals surface area contributed by atoms with Crippen LogP contribution in [-0.2, 0) is 9.59 Å². The number of nitrogens with zero attached hydrogens (tertiary/aromatic N) is 2. The first-order valence-corrected chi connectivity index (χ1v) is 5.59. The van der Waals surface area contributed by atoms with E-state index in [-0.39, 0.29) is 18.0 Å². The average molecular weight is 208 g/mol. The number of Topliss-reactive ketones (excluding diaryl/α,β-unsaturated/α-hetero) is 2. The Morgan fingerprint density at radius 1 is 0.867 bits per heavy atom. The number of hydrogen-bond acceptors (Lipinski definition) is 4. The van der Waals surface area contributed by atoms with E-state index in [2.05, 4.69) is 5.10 Å². The first-order valence-electron chi connectivity index (χ1n) is 5.59. The molecule has 82 valence electrons. The van der Waals surface area contributed by atoms with Crippen LogP contribution in [0.3, 0.4) is 0 Å². The van der Waals surface area contributed by atoms with Crippen molar-refractivity contribution in [2.45, 2.75) is 38.5 Å². The number of hydrogen-bond donors (Lipinski definition) is 0. The van der Waals surface area contributed by atoms with E-state index in [1.54, 1.807) is 0 Å². The molecule has 0 amide bonds. The summed E-state index contributed by atoms with van der Waals surface area (Å²) in [6.07, 6.45) is 4.46. The lowest BCUT2D eigenvalue weighted by Crippen LogP contribution is -2.29. The van der Waals surface area contributed by atoms with Gasteiger partial charge >= 0.3 is 0 Å². The Morgan fingerprint density at radius 2 is 1.47 bits per heavy atom. The summed E-state index contributed by atoms with van der Waals surface area (Å²) < 4.78 is 0. The summed E-state index contributed by atoms with van der Waals surface area (Å²) in [5.41, 5.74) is 0.762. The van der Waals surface area contributed by atoms with Crippen molar-refractivity contribution >= 4 is 17.3 Å². The number of hydrazone groups is 1. The lowest BCUT2D eigenvalue weighted by molar-refractivity contribution is -0.126. The first-order chi connectivity index (χ1) is 7.24. The zero-order valence-electron chi connectivity index (χ0n) is 8.87. The number of carbonyl (C=O) groups is 2. The summed E-state index contributed by atoms with van der Waals surface area (Å²) in [4.78, 5) is 22.4. The number of carbonyl (C=O) groups excluding carboxylic acids is 2. The second-order valence-corrected chi connectivity index (χ2v) is 4.29. The first kappa shape index (κ1) is 10.3. The predicted octanol–water partition coefficient (Wildman–Crippen LogP) is 1.15. The molecule has 0 atom stereocenters. The molecule has 0 radical (unpaired) electrons. The number of ketones is 2. The van der Waals surface area contributed by atoms with Gasteiger partial charge in [0.2, 0.25) is 0 Å². The van der Waals surface area contributed by atoms with Crippen LogP contribution in [0.15, 0.2) is 5.10 Å². The predicted molar refractivity (Wildman–Crippen MR) is 56.7 cm³/mol. The van der Waals surface area contributed by atoms with Crippen LogP contribution >= 0.6 is 0 Å². The van der Waals surface area contributed by atoms with Gasteiger partial charge in [0.25, 0.3) is 0 Å². The van der Waals surface area contributed by atoms with Gasteiger partial charge in [0.05, 0.1) is 12.1 Å². The van der Waals surface area contributed by atoms with Crippen LogP contribution < -0.4 is 0 Å². The van der Waals surface area contributed by atoms with Gasteiger partial charge in [-0.1, -0.05) is 0 Å². The summed E-state index contributed by atoms with van der Waals surface area (Å²) in [7, 11) is 0. The topological polar surface area (TPSA) is 49.7 Å². The van der Waals surface area contributed by atoms with Crippen LogP contribution in [0.5, 0.6) is 0 Å². The van der Waals surface area contributed by atoms with Crippen LogP contribution in [0.2, 0.25) is 0 Å². The van der Waals surface area contributed by atoms with E-state index < -0.39 is 0 Å². The molecule has 4 heteroatoms. The fourth-order valence-corrected chi connectivity index (χ4v) is 2.11. The van der Waals surface area contributed by atoms with Gasteiger partial charge in [-0.3, -0.25) is 14.6 Å². The highest BCUT2D eigenvalue weighted by Gasteiger charge is 2.22. The van der Waals surface area contributed by atoms with Crippen molar-refractivity contribution in [3.63, 3.8) is 0 Å². The quantitative estimate of drug-likeness (QED) is 0.607. The van der Waals surface area contributed by atoms with Crippen molar-refractivity contribution in [1.29, 1.82) is 0 Å². The van der Waals surface area contributed by atoms with E-state index in [1.165, 1.54) is 19.3 Å². The second-order valence-electron chi connectivity index (χ2n) is 4.29. The maximum absolute atomic E-state index is 11.2. The van der Waals surface area contributed by atoms with Gasteiger partial charge in [0.15, 0.2) is 0 Å². The van der Waals surface area contributed by atoms with Crippen molar-refractivity contribution in [3.05, 3.63) is 0 Å². The summed E-state index contributed by atoms with van der Waals surface area (Å²) >= 11 is 0. The Hall–Kier alpha value is -1.19. The molecule has 1 saturated carbocycles. The highest BCUT2D eigenvalue weighted by molar-refractivity contribution is 6.20. The molecular weight excluding hydrogens is 192 g/mol. The van der Waals surface area contributed by atoms with Gasteiger partial charge in [0, 0.05) is 25.9 Å². The van der Waals surface area contributed by atoms with Gasteiger partial charge < -0.3 is 0 Å². The number of piperidine rings is 1. The maximum Gasteiger partial charge on any atom is 0.145 e. The molecule has 1 saturated heterocycles. The van der Waals surface area contributed by atoms with E-state index in [9.17, 15) is 9.59 Å². The molecule has 0 spiro atoms. The third kappa shape index (κ3) is 2.88. The fourth-order valence-electron chi connectivity index (χ4n) is 2.11. The Balaban J connectivity index is 1.98. The molecule has 15 heavy (non-hydrogen) atoms. The van der Waals surface area contributed by atoms with E-state index in [1.807, 2.05) is 5.01 Å². The maximum atomic E-state index is 11.2. The molecule has 4 nitrogen and oxygen atoms in total. The van der Waals surface area contributed by atoms with Gasteiger partial charge in [0.1, 0.15) is 11.6 Å². The van der Waals surface area contributed by atoms with Crippen molar-refractivity contribution in [2.24, 2.45) is 5.10 Å². The fraction of sp³-hybridized carbons (Fsp3) is 0.727. The molecule has 0 aromatic heterocycles. The Kier molecular flexibility index (Phi) is 3.14. The summed E-state index contributed by atoms with van der Waals surface area (Å²) in [6.45, 7) is 1.93. The minimum Gasteiger partial charge on any atom is -0.299 e. The molecule has 0 unspecified atom stereocenters. The van der Waals surface area contributed by atoms with Gasteiger partial charge in [-0.05, 0) is 19.3 Å². The molecule has 2 fully saturated rings. The standard InChI is InChI=1S/C11H16N2O2/c14-10-6-9(7-11(15)8-10)12-13-4-2-1-3-5-13/h1-8H2. The smallest absolute Gasteiger partial charge is 0.145 e. The largest absolute Gasteiger partial charge is 0.299 e. The molecule has 2 aliphatic rings. The lowest BCUT2D eigenvalue weighted by Gasteiger charge is -2.25. The summed E-state index contributed by atoms with van der Waals surface area (Å²) in [5.74, 6) is 0.0315. The molecule has 1 heterocycles. The van der Waals surface area contributed by atoms with Crippen molar-refractivity contribution in [2.75, 3.05) is 13.1 Å². The third-order valence-electron chi connectivity index (χ3n) is 2.81. The van der Waals surface area contributed by atoms with E-state index in [0.717, 1.165) is 18.8 Å². The van der Waals surface area contributed by atoms with Gasteiger partial charge in [-0.15, -0.1) is 0 Å². The van der Waals surface area contributed by atoms with Crippen molar-refractivity contribution < 1.29 is 9.59 Å². The lowest BCUT2D eigenvalue weighted by atomic mass is 9.96. The van der Waals surface area contributed by atoms with Crippen LogP contribution in [0, 0.1) is 0 Å². The minimum atomic E-state index is 0.0157. The third-order valence-corrected chi connectivity index (χ3v) is 2.81. The Bertz CT molecular complexity index is 286. The van der Waals surface area contributed by atoms with E-state index in [0.29, 0.717) is 12.8 Å². The van der Waals surface area contributed by atoms with Gasteiger partial charge in [-0.25, -0.2) is 0 Å². The van der Waals surface area contributed by atoms with E-state index >= 15 is 0 Å². The molecule has 0 bridgehead atoms. The molecular formula is C11H16N2O2. The molecule has 0 aromatic rings. The van der Waals surface area contributed by atoms with E-state index in [4.69, 9.17) is 0 Å². The highest BCUT2D eigenvalue weighted by atomic mass is 16.1. The van der Waals surface area contributed by atoms with Crippen LogP contribution in [0.4, 0.5) is 0 Å². The second kappa shape index (κ2) is 4.55. The van der Waals surface area contributed by atoms with Gasteiger partial charge in [-0.2, -0.15) is 5.10 Å². The Labute approximate surface area is 89.3 Å². The SMILES string of the molecule is O=C1CC(=O)CC(=NN2CCCCC2)C1. The van der Waals surface area contributed by atoms with Crippen LogP contribution in [-0.4, -0.2) is 35.4 Å². The monoisotopic (exact) mass is 208 g/mol. The molecule has 2 rings (SSSR count). The average Bonchev–Trinajstić information content (AvgIpc) is 2.17. The molecule has 0 aromatic carbocycles. The summed E-state index contributed by atoms with van der Waals surface area (Å²) in [6, 6.07) is 0.